The number of nitrogens with two attached hydrogens (primary N) is 1. The number of amides is 1. The maximum Gasteiger partial charge on any atom is 0.241 e. The highest BCUT2D eigenvalue weighted by atomic mass is 32.2. The predicted molar refractivity (Wildman–Crippen MR) is 72.0 cm³/mol. The van der Waals surface area contributed by atoms with Crippen LogP contribution in [0.4, 0.5) is 0 Å². The topological polar surface area (TPSA) is 102 Å². The van der Waals surface area contributed by atoms with Crippen LogP contribution in [0.15, 0.2) is 0 Å². The minimum atomic E-state index is -3.57. The number of rotatable bonds is 5. The largest absolute Gasteiger partial charge is 0.378 e. The molecular formula is C11H23N3O4S. The second kappa shape index (κ2) is 6.65. The Kier molecular flexibility index (Phi) is 5.72. The van der Waals surface area contributed by atoms with E-state index in [1.807, 2.05) is 13.8 Å². The van der Waals surface area contributed by atoms with Crippen molar-refractivity contribution in [2.24, 2.45) is 5.73 Å². The Balaban J connectivity index is 2.92. The van der Waals surface area contributed by atoms with E-state index >= 15 is 0 Å². The van der Waals surface area contributed by atoms with Crippen molar-refractivity contribution >= 4 is 15.9 Å². The highest BCUT2D eigenvalue weighted by Crippen LogP contribution is 2.16. The van der Waals surface area contributed by atoms with Crippen molar-refractivity contribution in [1.29, 1.82) is 0 Å². The quantitative estimate of drug-likeness (QED) is 0.669. The van der Waals surface area contributed by atoms with E-state index in [4.69, 9.17) is 10.5 Å². The first-order chi connectivity index (χ1) is 8.80. The first-order valence-electron chi connectivity index (χ1n) is 6.39. The molecule has 1 fully saturated rings. The van der Waals surface area contributed by atoms with Gasteiger partial charge in [0.2, 0.25) is 15.9 Å². The molecule has 0 aromatic rings. The smallest absolute Gasteiger partial charge is 0.241 e. The van der Waals surface area contributed by atoms with Crippen LogP contribution in [-0.4, -0.2) is 62.3 Å². The van der Waals surface area contributed by atoms with Gasteiger partial charge in [-0.15, -0.1) is 0 Å². The minimum absolute atomic E-state index is 0.0260. The molecule has 1 heterocycles. The van der Waals surface area contributed by atoms with Crippen molar-refractivity contribution in [3.63, 3.8) is 0 Å². The zero-order valence-electron chi connectivity index (χ0n) is 11.6. The number of hydrogen-bond donors (Lipinski definition) is 2. The standard InChI is InChI=1S/C11H23N3O4S/c1-8(2)13-11(15)10-7-18-5-4-14(10)19(16,17)9(3)6-12/h8-10H,4-7,12H2,1-3H3,(H,13,15). The summed E-state index contributed by atoms with van der Waals surface area (Å²) in [6, 6.07) is -0.860. The summed E-state index contributed by atoms with van der Waals surface area (Å²) in [5.41, 5.74) is 5.43. The number of ether oxygens (including phenoxy) is 1. The van der Waals surface area contributed by atoms with Gasteiger partial charge in [-0.2, -0.15) is 4.31 Å². The minimum Gasteiger partial charge on any atom is -0.378 e. The van der Waals surface area contributed by atoms with Gasteiger partial charge in [-0.1, -0.05) is 0 Å². The monoisotopic (exact) mass is 293 g/mol. The van der Waals surface area contributed by atoms with Gasteiger partial charge in [0.15, 0.2) is 0 Å². The number of hydrogen-bond acceptors (Lipinski definition) is 5. The predicted octanol–water partition coefficient (Wildman–Crippen LogP) is -1.11. The van der Waals surface area contributed by atoms with Crippen molar-refractivity contribution in [2.45, 2.75) is 38.1 Å². The Hall–Kier alpha value is -0.700. The van der Waals surface area contributed by atoms with Crippen LogP contribution in [0.5, 0.6) is 0 Å². The van der Waals surface area contributed by atoms with Gasteiger partial charge in [-0.05, 0) is 20.8 Å². The van der Waals surface area contributed by atoms with Gasteiger partial charge < -0.3 is 15.8 Å². The highest BCUT2D eigenvalue weighted by Gasteiger charge is 2.39. The molecular weight excluding hydrogens is 270 g/mol. The van der Waals surface area contributed by atoms with Gasteiger partial charge in [-0.3, -0.25) is 4.79 Å². The van der Waals surface area contributed by atoms with Crippen LogP contribution in [0.1, 0.15) is 20.8 Å². The Morgan fingerprint density at radius 2 is 2.11 bits per heavy atom. The number of carbonyl (C=O) groups excluding carboxylic acids is 1. The molecule has 1 aliphatic rings. The van der Waals surface area contributed by atoms with Crippen molar-refractivity contribution in [2.75, 3.05) is 26.3 Å². The number of nitrogens with one attached hydrogen (secondary N) is 1. The van der Waals surface area contributed by atoms with Gasteiger partial charge in [0.05, 0.1) is 18.5 Å². The number of sulfonamides is 1. The molecule has 1 saturated heterocycles. The van der Waals surface area contributed by atoms with Crippen molar-refractivity contribution in [3.05, 3.63) is 0 Å². The molecule has 8 heteroatoms. The average Bonchev–Trinajstić information content (AvgIpc) is 2.36. The van der Waals surface area contributed by atoms with E-state index in [-0.39, 0.29) is 31.6 Å². The first kappa shape index (κ1) is 16.4. The van der Waals surface area contributed by atoms with Gasteiger partial charge in [0.1, 0.15) is 6.04 Å². The van der Waals surface area contributed by atoms with E-state index in [9.17, 15) is 13.2 Å². The SMILES string of the molecule is CC(C)NC(=O)C1COCCN1S(=O)(=O)C(C)CN. The van der Waals surface area contributed by atoms with Crippen molar-refractivity contribution < 1.29 is 17.9 Å². The third-order valence-electron chi connectivity index (χ3n) is 2.98. The fourth-order valence-electron chi connectivity index (χ4n) is 1.83. The lowest BCUT2D eigenvalue weighted by Gasteiger charge is -2.35. The summed E-state index contributed by atoms with van der Waals surface area (Å²) in [5.74, 6) is -0.331. The molecule has 7 nitrogen and oxygen atoms in total. The Labute approximate surface area is 114 Å². The molecule has 1 rings (SSSR count). The zero-order chi connectivity index (χ0) is 14.6. The molecule has 0 spiro atoms. The van der Waals surface area contributed by atoms with Gasteiger partial charge in [0, 0.05) is 19.1 Å². The lowest BCUT2D eigenvalue weighted by molar-refractivity contribution is -0.129. The third kappa shape index (κ3) is 3.88. The molecule has 1 aliphatic heterocycles. The maximum atomic E-state index is 12.3. The highest BCUT2D eigenvalue weighted by molar-refractivity contribution is 7.89. The lowest BCUT2D eigenvalue weighted by Crippen LogP contribution is -2.58. The second-order valence-electron chi connectivity index (χ2n) is 4.96. The zero-order valence-corrected chi connectivity index (χ0v) is 12.4. The van der Waals surface area contributed by atoms with Gasteiger partial charge >= 0.3 is 0 Å². The molecule has 112 valence electrons. The van der Waals surface area contributed by atoms with E-state index < -0.39 is 21.3 Å². The molecule has 19 heavy (non-hydrogen) atoms. The summed E-state index contributed by atoms with van der Waals surface area (Å²) < 4.78 is 31.1. The molecule has 2 unspecified atom stereocenters. The van der Waals surface area contributed by atoms with Crippen molar-refractivity contribution in [3.8, 4) is 0 Å². The van der Waals surface area contributed by atoms with Crippen LogP contribution in [0.2, 0.25) is 0 Å². The Bertz CT molecular complexity index is 410. The van der Waals surface area contributed by atoms with Crippen LogP contribution < -0.4 is 11.1 Å². The molecule has 1 amide bonds. The molecule has 0 aromatic carbocycles. The fraction of sp³-hybridized carbons (Fsp3) is 0.909. The van der Waals surface area contributed by atoms with Gasteiger partial charge in [-0.25, -0.2) is 8.42 Å². The molecule has 0 aliphatic carbocycles. The second-order valence-corrected chi connectivity index (χ2v) is 7.26. The summed E-state index contributed by atoms with van der Waals surface area (Å²) in [6.45, 7) is 5.77. The number of morpholine rings is 1. The lowest BCUT2D eigenvalue weighted by atomic mass is 10.2. The Morgan fingerprint density at radius 3 is 2.63 bits per heavy atom. The summed E-state index contributed by atoms with van der Waals surface area (Å²) in [5, 5.41) is 2.01. The van der Waals surface area contributed by atoms with E-state index in [0.29, 0.717) is 6.61 Å². The van der Waals surface area contributed by atoms with Crippen LogP contribution in [0.3, 0.4) is 0 Å². The molecule has 3 N–H and O–H groups in total. The van der Waals surface area contributed by atoms with Crippen LogP contribution in [0.25, 0.3) is 0 Å². The summed E-state index contributed by atoms with van der Waals surface area (Å²) in [4.78, 5) is 12.0. The molecule has 0 bridgehead atoms. The summed E-state index contributed by atoms with van der Waals surface area (Å²) in [6.07, 6.45) is 0. The van der Waals surface area contributed by atoms with Crippen LogP contribution in [0, 0.1) is 0 Å². The van der Waals surface area contributed by atoms with Gasteiger partial charge in [0.25, 0.3) is 0 Å². The number of nitrogens with zero attached hydrogens (tertiary/aromatic N) is 1. The molecule has 0 aromatic heterocycles. The molecule has 2 atom stereocenters. The van der Waals surface area contributed by atoms with Crippen LogP contribution >= 0.6 is 0 Å². The maximum absolute atomic E-state index is 12.3. The van der Waals surface area contributed by atoms with E-state index in [1.54, 1.807) is 6.92 Å². The average molecular weight is 293 g/mol. The molecule has 0 saturated carbocycles. The van der Waals surface area contributed by atoms with E-state index in [2.05, 4.69) is 5.32 Å². The van der Waals surface area contributed by atoms with Crippen LogP contribution in [-0.2, 0) is 19.6 Å². The summed E-state index contributed by atoms with van der Waals surface area (Å²) >= 11 is 0. The number of carbonyl (C=O) groups is 1. The Morgan fingerprint density at radius 1 is 1.47 bits per heavy atom. The third-order valence-corrected chi connectivity index (χ3v) is 5.28. The first-order valence-corrected chi connectivity index (χ1v) is 7.89. The van der Waals surface area contributed by atoms with E-state index in [1.165, 1.54) is 4.31 Å². The normalized spacial score (nSPS) is 23.3. The summed E-state index contributed by atoms with van der Waals surface area (Å²) in [7, 11) is -3.57. The fourth-order valence-corrected chi connectivity index (χ4v) is 3.38. The molecule has 0 radical (unpaired) electrons. The van der Waals surface area contributed by atoms with Crippen molar-refractivity contribution in [1.82, 2.24) is 9.62 Å². The van der Waals surface area contributed by atoms with E-state index in [0.717, 1.165) is 0 Å².